The number of ether oxygens (including phenoxy) is 2. The number of aromatic nitrogens is 2. The number of hydrogen-bond donors (Lipinski definition) is 1. The molecule has 2 aromatic heterocycles. The van der Waals surface area contributed by atoms with Gasteiger partial charge in [0.05, 0.1) is 43.0 Å². The van der Waals surface area contributed by atoms with Crippen LogP contribution >= 0.6 is 11.3 Å². The summed E-state index contributed by atoms with van der Waals surface area (Å²) in [4.78, 5) is 17.8. The summed E-state index contributed by atoms with van der Waals surface area (Å²) in [5, 5.41) is 4.66. The van der Waals surface area contributed by atoms with Crippen molar-refractivity contribution in [1.29, 1.82) is 0 Å². The van der Waals surface area contributed by atoms with Crippen molar-refractivity contribution in [3.8, 4) is 5.75 Å². The van der Waals surface area contributed by atoms with Crippen LogP contribution in [0.25, 0.3) is 4.96 Å². The number of sulfonamides is 1. The molecule has 1 aliphatic rings. The predicted molar refractivity (Wildman–Crippen MR) is 108 cm³/mol. The number of anilines is 1. The largest absolute Gasteiger partial charge is 0.495 e. The van der Waals surface area contributed by atoms with Crippen LogP contribution in [-0.4, -0.2) is 61.4 Å². The summed E-state index contributed by atoms with van der Waals surface area (Å²) in [6.45, 7) is 1.32. The smallest absolute Gasteiger partial charge is 0.243 e. The number of thiazole rings is 1. The number of imidazole rings is 1. The van der Waals surface area contributed by atoms with Gasteiger partial charge in [-0.2, -0.15) is 4.31 Å². The van der Waals surface area contributed by atoms with E-state index in [-0.39, 0.29) is 17.2 Å². The van der Waals surface area contributed by atoms with E-state index in [1.165, 1.54) is 41.0 Å². The van der Waals surface area contributed by atoms with Crippen LogP contribution in [0.1, 0.15) is 5.69 Å². The third-order valence-corrected chi connectivity index (χ3v) is 7.20. The molecule has 1 amide bonds. The Bertz CT molecular complexity index is 1100. The van der Waals surface area contributed by atoms with E-state index in [1.54, 1.807) is 6.20 Å². The monoisotopic (exact) mass is 436 g/mol. The second kappa shape index (κ2) is 8.11. The molecule has 3 heterocycles. The lowest BCUT2D eigenvalue weighted by molar-refractivity contribution is -0.115. The molecule has 1 saturated heterocycles. The van der Waals surface area contributed by atoms with Crippen molar-refractivity contribution in [2.24, 2.45) is 0 Å². The SMILES string of the molecule is COc1ccc(S(=O)(=O)N2CCOCC2)cc1NC(=O)Cc1cn2ccsc2n1. The van der Waals surface area contributed by atoms with Gasteiger partial charge in [-0.15, -0.1) is 11.3 Å². The Morgan fingerprint density at radius 2 is 2.14 bits per heavy atom. The maximum absolute atomic E-state index is 12.9. The Morgan fingerprint density at radius 1 is 1.34 bits per heavy atom. The molecule has 0 saturated carbocycles. The fourth-order valence-corrected chi connectivity index (χ4v) is 5.26. The van der Waals surface area contributed by atoms with E-state index in [4.69, 9.17) is 9.47 Å². The summed E-state index contributed by atoms with van der Waals surface area (Å²) < 4.78 is 39.5. The van der Waals surface area contributed by atoms with Crippen LogP contribution in [0.4, 0.5) is 5.69 Å². The van der Waals surface area contributed by atoms with Crippen molar-refractivity contribution in [1.82, 2.24) is 13.7 Å². The molecule has 4 rings (SSSR count). The van der Waals surface area contributed by atoms with Gasteiger partial charge in [-0.3, -0.25) is 9.20 Å². The van der Waals surface area contributed by atoms with Crippen LogP contribution in [0, 0.1) is 0 Å². The van der Waals surface area contributed by atoms with Crippen LogP contribution in [0.15, 0.2) is 40.9 Å². The topological polar surface area (TPSA) is 102 Å². The van der Waals surface area contributed by atoms with E-state index in [0.29, 0.717) is 43.4 Å². The van der Waals surface area contributed by atoms with E-state index in [0.717, 1.165) is 4.96 Å². The third-order valence-electron chi connectivity index (χ3n) is 4.54. The molecule has 0 radical (unpaired) electrons. The number of hydrogen-bond acceptors (Lipinski definition) is 7. The quantitative estimate of drug-likeness (QED) is 0.630. The zero-order chi connectivity index (χ0) is 20.4. The summed E-state index contributed by atoms with van der Waals surface area (Å²) in [5.41, 5.74) is 0.929. The van der Waals surface area contributed by atoms with Gasteiger partial charge in [-0.05, 0) is 18.2 Å². The molecule has 1 N–H and O–H groups in total. The number of rotatable bonds is 6. The molecule has 0 unspecified atom stereocenters. The normalized spacial score (nSPS) is 15.5. The van der Waals surface area contributed by atoms with Gasteiger partial charge in [-0.25, -0.2) is 13.4 Å². The summed E-state index contributed by atoms with van der Waals surface area (Å²) in [7, 11) is -2.22. The van der Waals surface area contributed by atoms with Crippen molar-refractivity contribution in [3.63, 3.8) is 0 Å². The number of carbonyl (C=O) groups is 1. The molecular weight excluding hydrogens is 416 g/mol. The summed E-state index contributed by atoms with van der Waals surface area (Å²) in [6.07, 6.45) is 3.73. The first-order valence-corrected chi connectivity index (χ1v) is 11.3. The molecular formula is C18H20N4O5S2. The van der Waals surface area contributed by atoms with Crippen LogP contribution in [0.2, 0.25) is 0 Å². The lowest BCUT2D eigenvalue weighted by atomic mass is 10.2. The second-order valence-electron chi connectivity index (χ2n) is 6.43. The summed E-state index contributed by atoms with van der Waals surface area (Å²) >= 11 is 1.48. The Kier molecular flexibility index (Phi) is 5.54. The first-order valence-electron chi connectivity index (χ1n) is 8.94. The molecule has 0 bridgehead atoms. The van der Waals surface area contributed by atoms with Crippen molar-refractivity contribution in [3.05, 3.63) is 41.7 Å². The van der Waals surface area contributed by atoms with Gasteiger partial charge in [-0.1, -0.05) is 0 Å². The van der Waals surface area contributed by atoms with E-state index in [1.807, 2.05) is 16.0 Å². The van der Waals surface area contributed by atoms with E-state index in [2.05, 4.69) is 10.3 Å². The van der Waals surface area contributed by atoms with E-state index < -0.39 is 10.0 Å². The maximum Gasteiger partial charge on any atom is 0.243 e. The fourth-order valence-electron chi connectivity index (χ4n) is 3.10. The standard InChI is InChI=1S/C18H20N4O5S2/c1-26-16-3-2-14(29(24,25)22-4-7-27-8-5-22)11-15(16)20-17(23)10-13-12-21-6-9-28-18(21)19-13/h2-3,6,9,11-12H,4-5,7-8,10H2,1H3,(H,20,23). The second-order valence-corrected chi connectivity index (χ2v) is 9.24. The van der Waals surface area contributed by atoms with Gasteiger partial charge in [0, 0.05) is 30.9 Å². The molecule has 0 aliphatic carbocycles. The number of methoxy groups -OCH3 is 1. The average Bonchev–Trinajstić information content (AvgIpc) is 3.30. The summed E-state index contributed by atoms with van der Waals surface area (Å²) in [6, 6.07) is 4.44. The van der Waals surface area contributed by atoms with Gasteiger partial charge in [0.1, 0.15) is 5.75 Å². The molecule has 154 valence electrons. The average molecular weight is 437 g/mol. The van der Waals surface area contributed by atoms with Gasteiger partial charge in [0.2, 0.25) is 15.9 Å². The zero-order valence-electron chi connectivity index (χ0n) is 15.7. The van der Waals surface area contributed by atoms with Crippen LogP contribution < -0.4 is 10.1 Å². The third kappa shape index (κ3) is 4.13. The lowest BCUT2D eigenvalue weighted by Crippen LogP contribution is -2.40. The predicted octanol–water partition coefficient (Wildman–Crippen LogP) is 1.61. The van der Waals surface area contributed by atoms with Gasteiger partial charge >= 0.3 is 0 Å². The summed E-state index contributed by atoms with van der Waals surface area (Å²) in [5.74, 6) is 0.0695. The molecule has 1 aliphatic heterocycles. The molecule has 0 spiro atoms. The number of fused-ring (bicyclic) bond motifs is 1. The molecule has 0 atom stereocenters. The molecule has 3 aromatic rings. The number of benzene rings is 1. The Morgan fingerprint density at radius 3 is 2.86 bits per heavy atom. The molecule has 1 aromatic carbocycles. The number of morpholine rings is 1. The maximum atomic E-state index is 12.9. The van der Waals surface area contributed by atoms with Crippen LogP contribution in [0.5, 0.6) is 5.75 Å². The minimum atomic E-state index is -3.68. The Balaban J connectivity index is 1.54. The first kappa shape index (κ1) is 19.8. The highest BCUT2D eigenvalue weighted by Crippen LogP contribution is 2.29. The number of carbonyl (C=O) groups excluding carboxylic acids is 1. The molecule has 1 fully saturated rings. The van der Waals surface area contributed by atoms with E-state index >= 15 is 0 Å². The van der Waals surface area contributed by atoms with E-state index in [9.17, 15) is 13.2 Å². The zero-order valence-corrected chi connectivity index (χ0v) is 17.3. The number of nitrogens with zero attached hydrogens (tertiary/aromatic N) is 3. The number of amides is 1. The highest BCUT2D eigenvalue weighted by molar-refractivity contribution is 7.89. The molecule has 29 heavy (non-hydrogen) atoms. The fraction of sp³-hybridized carbons (Fsp3) is 0.333. The lowest BCUT2D eigenvalue weighted by Gasteiger charge is -2.26. The van der Waals surface area contributed by atoms with Gasteiger partial charge in [0.15, 0.2) is 4.96 Å². The van der Waals surface area contributed by atoms with Crippen molar-refractivity contribution in [2.75, 3.05) is 38.7 Å². The van der Waals surface area contributed by atoms with Crippen LogP contribution in [0.3, 0.4) is 0 Å². The highest BCUT2D eigenvalue weighted by Gasteiger charge is 2.27. The van der Waals surface area contributed by atoms with Crippen molar-refractivity contribution < 1.29 is 22.7 Å². The van der Waals surface area contributed by atoms with Gasteiger partial charge < -0.3 is 14.8 Å². The minimum Gasteiger partial charge on any atom is -0.495 e. The number of nitrogens with one attached hydrogen (secondary N) is 1. The first-order chi connectivity index (χ1) is 14.0. The highest BCUT2D eigenvalue weighted by atomic mass is 32.2. The van der Waals surface area contributed by atoms with Crippen molar-refractivity contribution >= 4 is 37.9 Å². The minimum absolute atomic E-state index is 0.0675. The Hall–Kier alpha value is -2.47. The van der Waals surface area contributed by atoms with Crippen molar-refractivity contribution in [2.45, 2.75) is 11.3 Å². The van der Waals surface area contributed by atoms with Crippen LogP contribution in [-0.2, 0) is 26.0 Å². The molecule has 9 nitrogen and oxygen atoms in total. The molecule has 11 heteroatoms. The van der Waals surface area contributed by atoms with Gasteiger partial charge in [0.25, 0.3) is 0 Å². The Labute approximate surface area is 171 Å².